The molecule has 1 unspecified atom stereocenters. The van der Waals surface area contributed by atoms with Gasteiger partial charge in [0.25, 0.3) is 0 Å². The van der Waals surface area contributed by atoms with Crippen LogP contribution in [0.5, 0.6) is 0 Å². The third-order valence-corrected chi connectivity index (χ3v) is 3.73. The van der Waals surface area contributed by atoms with E-state index < -0.39 is 0 Å². The number of esters is 1. The summed E-state index contributed by atoms with van der Waals surface area (Å²) < 4.78 is 12.6. The van der Waals surface area contributed by atoms with Crippen molar-refractivity contribution in [3.63, 3.8) is 0 Å². The summed E-state index contributed by atoms with van der Waals surface area (Å²) in [6, 6.07) is 10.00. The summed E-state index contributed by atoms with van der Waals surface area (Å²) in [5, 5.41) is 4.21. The molecule has 1 aliphatic rings. The van der Waals surface area contributed by atoms with Gasteiger partial charge < -0.3 is 9.47 Å². The first kappa shape index (κ1) is 14.8. The van der Waals surface area contributed by atoms with Crippen LogP contribution in [0, 0.1) is 0 Å². The second kappa shape index (κ2) is 7.22. The first-order valence-corrected chi connectivity index (χ1v) is 7.66. The van der Waals surface area contributed by atoms with Gasteiger partial charge in [0.05, 0.1) is 24.4 Å². The van der Waals surface area contributed by atoms with Gasteiger partial charge in [0.15, 0.2) is 0 Å². The van der Waals surface area contributed by atoms with Crippen LogP contribution in [0.15, 0.2) is 42.7 Å². The molecule has 1 fully saturated rings. The zero-order valence-corrected chi connectivity index (χ0v) is 12.5. The summed E-state index contributed by atoms with van der Waals surface area (Å²) >= 11 is 0. The van der Waals surface area contributed by atoms with E-state index in [1.165, 1.54) is 0 Å². The molecule has 22 heavy (non-hydrogen) atoms. The minimum absolute atomic E-state index is 0.0389. The van der Waals surface area contributed by atoms with E-state index in [0.29, 0.717) is 18.7 Å². The van der Waals surface area contributed by atoms with Gasteiger partial charge in [-0.1, -0.05) is 30.3 Å². The number of aromatic nitrogens is 2. The Hall–Kier alpha value is -2.14. The van der Waals surface area contributed by atoms with Gasteiger partial charge in [0.2, 0.25) is 0 Å². The van der Waals surface area contributed by atoms with Crippen molar-refractivity contribution in [2.45, 2.75) is 31.9 Å². The topological polar surface area (TPSA) is 53.4 Å². The number of carbonyl (C=O) groups is 1. The minimum atomic E-state index is -0.339. The van der Waals surface area contributed by atoms with Crippen molar-refractivity contribution < 1.29 is 14.3 Å². The minimum Gasteiger partial charge on any atom is -0.459 e. The lowest BCUT2D eigenvalue weighted by atomic mass is 10.1. The molecule has 1 atom stereocenters. The number of hydrogen-bond donors (Lipinski definition) is 0. The quantitative estimate of drug-likeness (QED) is 0.797. The molecule has 5 nitrogen and oxygen atoms in total. The van der Waals surface area contributed by atoms with Crippen molar-refractivity contribution in [3.8, 4) is 0 Å². The van der Waals surface area contributed by atoms with Crippen molar-refractivity contribution in [1.29, 1.82) is 0 Å². The van der Waals surface area contributed by atoms with E-state index in [0.717, 1.165) is 31.4 Å². The van der Waals surface area contributed by atoms with Crippen LogP contribution in [0.3, 0.4) is 0 Å². The fraction of sp³-hybridized carbons (Fsp3) is 0.412. The third-order valence-electron chi connectivity index (χ3n) is 3.73. The molecule has 0 spiro atoms. The third kappa shape index (κ3) is 3.95. The number of hydrogen-bond acceptors (Lipinski definition) is 4. The molecule has 5 heteroatoms. The summed E-state index contributed by atoms with van der Waals surface area (Å²) in [7, 11) is 0. The molecule has 0 aliphatic carbocycles. The van der Waals surface area contributed by atoms with Crippen LogP contribution < -0.4 is 0 Å². The second-order valence-corrected chi connectivity index (χ2v) is 5.50. The maximum Gasteiger partial charge on any atom is 0.341 e. The highest BCUT2D eigenvalue weighted by Crippen LogP contribution is 2.13. The summed E-state index contributed by atoms with van der Waals surface area (Å²) in [6.07, 6.45) is 6.50. The average molecular weight is 300 g/mol. The van der Waals surface area contributed by atoms with Crippen LogP contribution in [0.2, 0.25) is 0 Å². The largest absolute Gasteiger partial charge is 0.459 e. The normalized spacial score (nSPS) is 18.1. The first-order valence-electron chi connectivity index (χ1n) is 7.66. The van der Waals surface area contributed by atoms with Crippen molar-refractivity contribution in [2.75, 3.05) is 13.2 Å². The van der Waals surface area contributed by atoms with Gasteiger partial charge in [0.1, 0.15) is 6.61 Å². The second-order valence-electron chi connectivity index (χ2n) is 5.50. The van der Waals surface area contributed by atoms with Crippen molar-refractivity contribution >= 4 is 5.97 Å². The van der Waals surface area contributed by atoms with Gasteiger partial charge in [-0.15, -0.1) is 0 Å². The maximum atomic E-state index is 12.0. The lowest BCUT2D eigenvalue weighted by molar-refractivity contribution is -0.0300. The molecule has 0 bridgehead atoms. The van der Waals surface area contributed by atoms with E-state index in [2.05, 4.69) is 5.10 Å². The van der Waals surface area contributed by atoms with Gasteiger partial charge in [-0.2, -0.15) is 5.10 Å². The zero-order chi connectivity index (χ0) is 15.2. The molecule has 1 aliphatic heterocycles. The van der Waals surface area contributed by atoms with Gasteiger partial charge in [-0.3, -0.25) is 4.68 Å². The highest BCUT2D eigenvalue weighted by molar-refractivity contribution is 5.88. The van der Waals surface area contributed by atoms with Crippen LogP contribution in [0.4, 0.5) is 0 Å². The molecular formula is C17H20N2O3. The van der Waals surface area contributed by atoms with Crippen LogP contribution in [0.25, 0.3) is 0 Å². The molecule has 0 radical (unpaired) electrons. The van der Waals surface area contributed by atoms with Crippen molar-refractivity contribution in [2.24, 2.45) is 0 Å². The van der Waals surface area contributed by atoms with E-state index in [4.69, 9.17) is 9.47 Å². The van der Waals surface area contributed by atoms with E-state index in [-0.39, 0.29) is 12.1 Å². The Morgan fingerprint density at radius 3 is 2.95 bits per heavy atom. The van der Waals surface area contributed by atoms with Gasteiger partial charge in [0, 0.05) is 12.8 Å². The van der Waals surface area contributed by atoms with Gasteiger partial charge in [-0.25, -0.2) is 4.79 Å². The van der Waals surface area contributed by atoms with Crippen molar-refractivity contribution in [3.05, 3.63) is 53.9 Å². The SMILES string of the molecule is O=C(OCC1CCCCO1)c1cnn(Cc2ccccc2)c1. The molecule has 0 N–H and O–H groups in total. The molecule has 1 aromatic heterocycles. The number of benzene rings is 1. The Labute approximate surface area is 129 Å². The molecule has 0 saturated carbocycles. The molecule has 3 rings (SSSR count). The molecule has 0 amide bonds. The standard InChI is InChI=1S/C17H20N2O3/c20-17(22-13-16-8-4-5-9-21-16)15-10-18-19(12-15)11-14-6-2-1-3-7-14/h1-3,6-7,10,12,16H,4-5,8-9,11,13H2. The molecule has 1 aromatic carbocycles. The Morgan fingerprint density at radius 1 is 1.32 bits per heavy atom. The molecule has 2 heterocycles. The Morgan fingerprint density at radius 2 is 2.18 bits per heavy atom. The smallest absolute Gasteiger partial charge is 0.341 e. The predicted octanol–water partition coefficient (Wildman–Crippen LogP) is 2.66. The number of nitrogens with zero attached hydrogens (tertiary/aromatic N) is 2. The van der Waals surface area contributed by atoms with E-state index in [9.17, 15) is 4.79 Å². The first-order chi connectivity index (χ1) is 10.8. The highest BCUT2D eigenvalue weighted by Gasteiger charge is 2.17. The van der Waals surface area contributed by atoms with Crippen molar-refractivity contribution in [1.82, 2.24) is 9.78 Å². The van der Waals surface area contributed by atoms with Crippen LogP contribution in [0.1, 0.15) is 35.2 Å². The summed E-state index contributed by atoms with van der Waals surface area (Å²) in [5.41, 5.74) is 1.62. The van der Waals surface area contributed by atoms with Crippen LogP contribution in [-0.2, 0) is 16.0 Å². The Balaban J connectivity index is 1.52. The van der Waals surface area contributed by atoms with Crippen LogP contribution >= 0.6 is 0 Å². The fourth-order valence-electron chi connectivity index (χ4n) is 2.52. The van der Waals surface area contributed by atoms with E-state index in [1.54, 1.807) is 17.1 Å². The summed E-state index contributed by atoms with van der Waals surface area (Å²) in [5.74, 6) is -0.339. The summed E-state index contributed by atoms with van der Waals surface area (Å²) in [4.78, 5) is 12.0. The molecule has 2 aromatic rings. The van der Waals surface area contributed by atoms with E-state index >= 15 is 0 Å². The highest BCUT2D eigenvalue weighted by atomic mass is 16.6. The Kier molecular flexibility index (Phi) is 4.85. The lowest BCUT2D eigenvalue weighted by Crippen LogP contribution is -2.25. The fourth-order valence-corrected chi connectivity index (χ4v) is 2.52. The zero-order valence-electron chi connectivity index (χ0n) is 12.5. The number of ether oxygens (including phenoxy) is 2. The Bertz CT molecular complexity index is 603. The van der Waals surface area contributed by atoms with Gasteiger partial charge in [-0.05, 0) is 24.8 Å². The number of carbonyl (C=O) groups excluding carboxylic acids is 1. The number of rotatable bonds is 5. The molecular weight excluding hydrogens is 280 g/mol. The maximum absolute atomic E-state index is 12.0. The molecule has 1 saturated heterocycles. The monoisotopic (exact) mass is 300 g/mol. The van der Waals surface area contributed by atoms with E-state index in [1.807, 2.05) is 30.3 Å². The lowest BCUT2D eigenvalue weighted by Gasteiger charge is -2.21. The molecule has 116 valence electrons. The van der Waals surface area contributed by atoms with Crippen LogP contribution in [-0.4, -0.2) is 35.1 Å². The predicted molar refractivity (Wildman–Crippen MR) is 81.6 cm³/mol. The summed E-state index contributed by atoms with van der Waals surface area (Å²) in [6.45, 7) is 1.72. The van der Waals surface area contributed by atoms with Gasteiger partial charge >= 0.3 is 5.97 Å². The average Bonchev–Trinajstić information content (AvgIpc) is 3.03.